The van der Waals surface area contributed by atoms with E-state index in [4.69, 9.17) is 9.73 Å². The lowest BCUT2D eigenvalue weighted by Crippen LogP contribution is -2.65. The largest absolute Gasteiger partial charge is 0.378 e. The van der Waals surface area contributed by atoms with Crippen LogP contribution in [0.3, 0.4) is 0 Å². The highest BCUT2D eigenvalue weighted by Gasteiger charge is 2.53. The number of aliphatic imine (C=N–C) groups is 1. The summed E-state index contributed by atoms with van der Waals surface area (Å²) in [6.45, 7) is 12.2. The van der Waals surface area contributed by atoms with Crippen molar-refractivity contribution in [1.82, 2.24) is 25.4 Å². The molecule has 172 valence electrons. The van der Waals surface area contributed by atoms with E-state index < -0.39 is 0 Å². The third kappa shape index (κ3) is 5.47. The molecule has 2 heterocycles. The predicted octanol–water partition coefficient (Wildman–Crippen LogP) is 3.70. The van der Waals surface area contributed by atoms with Gasteiger partial charge in [-0.2, -0.15) is 0 Å². The average Bonchev–Trinajstić information content (AvgIpc) is 2.94. The summed E-state index contributed by atoms with van der Waals surface area (Å²) in [6.07, 6.45) is 9.29. The van der Waals surface area contributed by atoms with E-state index in [9.17, 15) is 0 Å². The fraction of sp³-hybridized carbons (Fsp3) is 0.864. The molecule has 1 aliphatic carbocycles. The predicted molar refractivity (Wildman–Crippen MR) is 133 cm³/mol. The lowest BCUT2D eigenvalue weighted by atomic mass is 9.58. The molecule has 30 heavy (non-hydrogen) atoms. The molecule has 0 aromatic carbocycles. The minimum Gasteiger partial charge on any atom is -0.378 e. The Bertz CT molecular complexity index is 673. The number of rotatable bonds is 9. The van der Waals surface area contributed by atoms with Gasteiger partial charge in [0, 0.05) is 50.5 Å². The third-order valence-electron chi connectivity index (χ3n) is 6.92. The van der Waals surface area contributed by atoms with Gasteiger partial charge in [0.2, 0.25) is 0 Å². The summed E-state index contributed by atoms with van der Waals surface area (Å²) in [6, 6.07) is 0.413. The first-order chi connectivity index (χ1) is 14.2. The van der Waals surface area contributed by atoms with Crippen molar-refractivity contribution in [2.75, 3.05) is 19.7 Å². The van der Waals surface area contributed by atoms with Gasteiger partial charge in [0.05, 0.1) is 6.10 Å². The number of guanidine groups is 1. The van der Waals surface area contributed by atoms with Crippen molar-refractivity contribution < 1.29 is 4.74 Å². The number of nitrogens with one attached hydrogen (secondary N) is 2. The molecule has 0 bridgehead atoms. The van der Waals surface area contributed by atoms with Gasteiger partial charge in [-0.25, -0.2) is 0 Å². The Morgan fingerprint density at radius 1 is 1.17 bits per heavy atom. The van der Waals surface area contributed by atoms with Gasteiger partial charge in [-0.1, -0.05) is 20.3 Å². The molecule has 2 aliphatic rings. The summed E-state index contributed by atoms with van der Waals surface area (Å²) >= 11 is 0. The molecule has 1 aromatic heterocycles. The van der Waals surface area contributed by atoms with Crippen LogP contribution in [-0.2, 0) is 24.1 Å². The molecule has 1 saturated carbocycles. The maximum atomic E-state index is 6.02. The van der Waals surface area contributed by atoms with E-state index in [-0.39, 0.29) is 29.4 Å². The molecule has 0 spiro atoms. The van der Waals surface area contributed by atoms with Crippen LogP contribution in [0.2, 0.25) is 0 Å². The molecule has 3 rings (SSSR count). The Morgan fingerprint density at radius 2 is 1.97 bits per heavy atom. The van der Waals surface area contributed by atoms with Gasteiger partial charge in [-0.05, 0) is 46.0 Å². The van der Waals surface area contributed by atoms with E-state index in [0.717, 1.165) is 76.0 Å². The second-order valence-electron chi connectivity index (χ2n) is 8.32. The van der Waals surface area contributed by atoms with Crippen molar-refractivity contribution >= 4 is 29.9 Å². The lowest BCUT2D eigenvalue weighted by molar-refractivity contribution is -0.133. The Kier molecular flexibility index (Phi) is 10.3. The van der Waals surface area contributed by atoms with Gasteiger partial charge >= 0.3 is 0 Å². The molecule has 0 amide bonds. The smallest absolute Gasteiger partial charge is 0.191 e. The standard InChI is InChI=1S/C22H40N6O.HI/c1-5-22(6-2)17(16-18(22)29-8-4)25-21(23-7-3)24-14-13-20-27-26-19-12-10-9-11-15-28(19)20;/h17-18H,5-16H2,1-4H3,(H2,23,24,25);1H. The van der Waals surface area contributed by atoms with Gasteiger partial charge in [-0.15, -0.1) is 34.2 Å². The Labute approximate surface area is 199 Å². The molecular weight excluding hydrogens is 491 g/mol. The van der Waals surface area contributed by atoms with Gasteiger partial charge in [0.25, 0.3) is 0 Å². The zero-order chi connectivity index (χ0) is 20.7. The molecule has 1 aliphatic heterocycles. The highest BCUT2D eigenvalue weighted by atomic mass is 127. The maximum absolute atomic E-state index is 6.02. The van der Waals surface area contributed by atoms with E-state index in [1.54, 1.807) is 0 Å². The van der Waals surface area contributed by atoms with Crippen LogP contribution in [-0.4, -0.2) is 52.6 Å². The Balaban J connectivity index is 0.00000320. The SMILES string of the molecule is CCNC(=NCCc1nnc2n1CCCCC2)NC1CC(OCC)C1(CC)CC.I. The topological polar surface area (TPSA) is 76.4 Å². The number of hydrogen-bond acceptors (Lipinski definition) is 4. The highest BCUT2D eigenvalue weighted by Crippen LogP contribution is 2.48. The molecule has 2 atom stereocenters. The van der Waals surface area contributed by atoms with Gasteiger partial charge in [0.15, 0.2) is 5.96 Å². The summed E-state index contributed by atoms with van der Waals surface area (Å²) in [4.78, 5) is 4.86. The van der Waals surface area contributed by atoms with E-state index in [1.165, 1.54) is 19.3 Å². The van der Waals surface area contributed by atoms with E-state index in [0.29, 0.717) is 12.1 Å². The number of fused-ring (bicyclic) bond motifs is 1. The summed E-state index contributed by atoms with van der Waals surface area (Å²) in [5, 5.41) is 16.0. The number of hydrogen-bond donors (Lipinski definition) is 2. The lowest BCUT2D eigenvalue weighted by Gasteiger charge is -2.55. The van der Waals surface area contributed by atoms with Crippen LogP contribution in [0.5, 0.6) is 0 Å². The fourth-order valence-electron chi connectivity index (χ4n) is 5.07. The second kappa shape index (κ2) is 12.2. The van der Waals surface area contributed by atoms with Crippen LogP contribution >= 0.6 is 24.0 Å². The molecule has 7 nitrogen and oxygen atoms in total. The minimum absolute atomic E-state index is 0. The normalized spacial score (nSPS) is 23.0. The van der Waals surface area contributed by atoms with Gasteiger partial charge in [0.1, 0.15) is 11.6 Å². The Hall–Kier alpha value is -0.900. The van der Waals surface area contributed by atoms with Crippen LogP contribution in [0.4, 0.5) is 0 Å². The van der Waals surface area contributed by atoms with Crippen LogP contribution < -0.4 is 10.6 Å². The highest BCUT2D eigenvalue weighted by molar-refractivity contribution is 14.0. The molecule has 1 aromatic rings. The number of nitrogens with zero attached hydrogens (tertiary/aromatic N) is 4. The Morgan fingerprint density at radius 3 is 2.67 bits per heavy atom. The zero-order valence-electron chi connectivity index (χ0n) is 19.2. The van der Waals surface area contributed by atoms with Crippen molar-refractivity contribution in [3.63, 3.8) is 0 Å². The summed E-state index contributed by atoms with van der Waals surface area (Å²) in [5.41, 5.74) is 0.205. The first-order valence-electron chi connectivity index (χ1n) is 11.8. The summed E-state index contributed by atoms with van der Waals surface area (Å²) < 4.78 is 8.34. The van der Waals surface area contributed by atoms with E-state index in [2.05, 4.69) is 53.1 Å². The molecule has 1 fully saturated rings. The number of aryl methyl sites for hydroxylation is 1. The summed E-state index contributed by atoms with van der Waals surface area (Å²) in [5.74, 6) is 3.14. The van der Waals surface area contributed by atoms with Crippen LogP contribution in [0.25, 0.3) is 0 Å². The summed E-state index contributed by atoms with van der Waals surface area (Å²) in [7, 11) is 0. The molecular formula is C22H41IN6O. The van der Waals surface area contributed by atoms with Crippen molar-refractivity contribution in [3.05, 3.63) is 11.6 Å². The maximum Gasteiger partial charge on any atom is 0.191 e. The number of aromatic nitrogens is 3. The first kappa shape index (κ1) is 25.4. The zero-order valence-corrected chi connectivity index (χ0v) is 21.6. The van der Waals surface area contributed by atoms with E-state index >= 15 is 0 Å². The molecule has 2 N–H and O–H groups in total. The molecule has 8 heteroatoms. The molecule has 0 saturated heterocycles. The van der Waals surface area contributed by atoms with Crippen molar-refractivity contribution in [3.8, 4) is 0 Å². The quantitative estimate of drug-likeness (QED) is 0.288. The molecule has 0 radical (unpaired) electrons. The molecule has 2 unspecified atom stereocenters. The van der Waals surface area contributed by atoms with Crippen LogP contribution in [0, 0.1) is 5.41 Å². The van der Waals surface area contributed by atoms with E-state index in [1.807, 2.05) is 0 Å². The van der Waals surface area contributed by atoms with Gasteiger partial charge in [-0.3, -0.25) is 4.99 Å². The number of halogens is 1. The second-order valence-corrected chi connectivity index (χ2v) is 8.32. The van der Waals surface area contributed by atoms with Crippen molar-refractivity contribution in [1.29, 1.82) is 0 Å². The monoisotopic (exact) mass is 532 g/mol. The number of ether oxygens (including phenoxy) is 1. The third-order valence-corrected chi connectivity index (χ3v) is 6.92. The average molecular weight is 533 g/mol. The minimum atomic E-state index is 0. The van der Waals surface area contributed by atoms with Gasteiger partial charge < -0.3 is 19.9 Å². The fourth-order valence-corrected chi connectivity index (χ4v) is 5.07. The van der Waals surface area contributed by atoms with Crippen LogP contribution in [0.15, 0.2) is 4.99 Å². The van der Waals surface area contributed by atoms with Crippen molar-refractivity contribution in [2.24, 2.45) is 10.4 Å². The van der Waals surface area contributed by atoms with Crippen molar-refractivity contribution in [2.45, 2.75) is 97.8 Å². The van der Waals surface area contributed by atoms with Crippen LogP contribution in [0.1, 0.15) is 77.9 Å². The first-order valence-corrected chi connectivity index (χ1v) is 11.8.